The Balaban J connectivity index is 2.22. The first kappa shape index (κ1) is 13.2. The highest BCUT2D eigenvalue weighted by Gasteiger charge is 2.59. The van der Waals surface area contributed by atoms with Gasteiger partial charge in [-0.3, -0.25) is 0 Å². The molecule has 1 unspecified atom stereocenters. The van der Waals surface area contributed by atoms with Crippen LogP contribution >= 0.6 is 0 Å². The fourth-order valence-corrected chi connectivity index (χ4v) is 3.69. The Bertz CT molecular complexity index is 254. The van der Waals surface area contributed by atoms with Gasteiger partial charge in [0.15, 0.2) is 0 Å². The Hall–Kier alpha value is -0.220. The van der Waals surface area contributed by atoms with Crippen molar-refractivity contribution in [2.24, 2.45) is 5.41 Å². The summed E-state index contributed by atoms with van der Waals surface area (Å²) in [4.78, 5) is 0. The maximum Gasteiger partial charge on any atom is 0.257 e. The first-order chi connectivity index (χ1) is 8.17. The minimum absolute atomic E-state index is 0.228. The zero-order valence-electron chi connectivity index (χ0n) is 10.6. The van der Waals surface area contributed by atoms with E-state index in [9.17, 15) is 8.78 Å². The van der Waals surface area contributed by atoms with E-state index in [0.717, 1.165) is 32.1 Å². The zero-order chi connectivity index (χ0) is 12.4. The molecule has 1 saturated heterocycles. The first-order valence-electron chi connectivity index (χ1n) is 6.78. The van der Waals surface area contributed by atoms with Crippen LogP contribution in [0, 0.1) is 5.41 Å². The van der Waals surface area contributed by atoms with E-state index >= 15 is 0 Å². The van der Waals surface area contributed by atoms with Gasteiger partial charge in [-0.1, -0.05) is 13.3 Å². The van der Waals surface area contributed by atoms with Crippen molar-refractivity contribution in [1.82, 2.24) is 5.32 Å². The van der Waals surface area contributed by atoms with Gasteiger partial charge in [0.1, 0.15) is 0 Å². The Morgan fingerprint density at radius 1 is 1.18 bits per heavy atom. The monoisotopic (exact) mass is 247 g/mol. The lowest BCUT2D eigenvalue weighted by Crippen LogP contribution is -2.61. The van der Waals surface area contributed by atoms with E-state index in [0.29, 0.717) is 26.2 Å². The second kappa shape index (κ2) is 5.19. The van der Waals surface area contributed by atoms with Gasteiger partial charge in [0.2, 0.25) is 0 Å². The molecule has 17 heavy (non-hydrogen) atoms. The van der Waals surface area contributed by atoms with Crippen molar-refractivity contribution < 1.29 is 13.5 Å². The topological polar surface area (TPSA) is 21.3 Å². The van der Waals surface area contributed by atoms with E-state index in [4.69, 9.17) is 4.74 Å². The summed E-state index contributed by atoms with van der Waals surface area (Å²) in [6.45, 7) is 4.00. The third-order valence-electron chi connectivity index (χ3n) is 4.69. The third-order valence-corrected chi connectivity index (χ3v) is 4.69. The molecule has 1 atom stereocenters. The van der Waals surface area contributed by atoms with Gasteiger partial charge in [-0.25, -0.2) is 8.78 Å². The molecule has 1 N–H and O–H groups in total. The molecule has 0 aromatic rings. The maximum atomic E-state index is 13.6. The predicted octanol–water partition coefficient (Wildman–Crippen LogP) is 2.97. The van der Waals surface area contributed by atoms with E-state index in [-0.39, 0.29) is 5.41 Å². The number of hydrogen-bond acceptors (Lipinski definition) is 2. The first-order valence-corrected chi connectivity index (χ1v) is 6.78. The summed E-state index contributed by atoms with van der Waals surface area (Å²) in [7, 11) is 0. The lowest BCUT2D eigenvalue weighted by atomic mass is 9.66. The highest BCUT2D eigenvalue weighted by molar-refractivity contribution is 5.11. The van der Waals surface area contributed by atoms with Crippen LogP contribution in [0.5, 0.6) is 0 Å². The normalized spacial score (nSPS) is 32.5. The molecule has 0 bridgehead atoms. The Kier molecular flexibility index (Phi) is 4.03. The van der Waals surface area contributed by atoms with Gasteiger partial charge in [-0.05, 0) is 44.1 Å². The summed E-state index contributed by atoms with van der Waals surface area (Å²) < 4.78 is 32.7. The molecule has 1 spiro atoms. The van der Waals surface area contributed by atoms with Gasteiger partial charge in [0.05, 0.1) is 5.54 Å². The lowest BCUT2D eigenvalue weighted by Gasteiger charge is -2.48. The van der Waals surface area contributed by atoms with E-state index in [1.165, 1.54) is 0 Å². The van der Waals surface area contributed by atoms with Crippen LogP contribution in [0.4, 0.5) is 8.78 Å². The van der Waals surface area contributed by atoms with Crippen molar-refractivity contribution in [1.29, 1.82) is 0 Å². The van der Waals surface area contributed by atoms with Gasteiger partial charge in [0.25, 0.3) is 6.43 Å². The van der Waals surface area contributed by atoms with Crippen LogP contribution in [0.25, 0.3) is 0 Å². The van der Waals surface area contributed by atoms with Crippen LogP contribution in [-0.4, -0.2) is 31.7 Å². The van der Waals surface area contributed by atoms with Crippen molar-refractivity contribution >= 4 is 0 Å². The fraction of sp³-hybridized carbons (Fsp3) is 1.00. The quantitative estimate of drug-likeness (QED) is 0.824. The molecule has 2 nitrogen and oxygen atoms in total. The van der Waals surface area contributed by atoms with Gasteiger partial charge in [0, 0.05) is 13.2 Å². The van der Waals surface area contributed by atoms with Gasteiger partial charge in [-0.2, -0.15) is 0 Å². The molecule has 1 heterocycles. The Morgan fingerprint density at radius 2 is 1.88 bits per heavy atom. The van der Waals surface area contributed by atoms with Crippen LogP contribution in [-0.2, 0) is 4.74 Å². The smallest absolute Gasteiger partial charge is 0.257 e. The van der Waals surface area contributed by atoms with Crippen molar-refractivity contribution in [2.75, 3.05) is 19.8 Å². The van der Waals surface area contributed by atoms with Gasteiger partial charge < -0.3 is 10.1 Å². The molecule has 100 valence electrons. The SMILES string of the molecule is CCCNC1(C(F)F)CCCC12CCOCC2. The van der Waals surface area contributed by atoms with E-state index in [1.807, 2.05) is 6.92 Å². The van der Waals surface area contributed by atoms with E-state index in [2.05, 4.69) is 5.32 Å². The average molecular weight is 247 g/mol. The van der Waals surface area contributed by atoms with Crippen LogP contribution < -0.4 is 5.32 Å². The summed E-state index contributed by atoms with van der Waals surface area (Å²) in [6.07, 6.45) is 2.67. The molecule has 0 radical (unpaired) electrons. The number of alkyl halides is 2. The summed E-state index contributed by atoms with van der Waals surface area (Å²) in [6, 6.07) is 0. The Morgan fingerprint density at radius 3 is 2.47 bits per heavy atom. The van der Waals surface area contributed by atoms with Crippen molar-refractivity contribution in [3.63, 3.8) is 0 Å². The van der Waals surface area contributed by atoms with Crippen LogP contribution in [0.2, 0.25) is 0 Å². The van der Waals surface area contributed by atoms with Crippen LogP contribution in [0.3, 0.4) is 0 Å². The maximum absolute atomic E-state index is 13.6. The summed E-state index contributed by atoms with van der Waals surface area (Å²) in [5.41, 5.74) is -1.18. The minimum atomic E-state index is -2.27. The molecule has 0 aromatic heterocycles. The number of hydrogen-bond donors (Lipinski definition) is 1. The molecular formula is C13H23F2NO. The number of ether oxygens (including phenoxy) is 1. The Labute approximate surface area is 102 Å². The van der Waals surface area contributed by atoms with E-state index in [1.54, 1.807) is 0 Å². The minimum Gasteiger partial charge on any atom is -0.381 e. The molecule has 1 aliphatic heterocycles. The zero-order valence-corrected chi connectivity index (χ0v) is 10.6. The molecule has 0 amide bonds. The molecule has 0 aromatic carbocycles. The average Bonchev–Trinajstić information content (AvgIpc) is 2.67. The number of halogens is 2. The molecule has 1 aliphatic carbocycles. The summed E-state index contributed by atoms with van der Waals surface area (Å²) in [5.74, 6) is 0. The molecule has 2 fully saturated rings. The van der Waals surface area contributed by atoms with Crippen LogP contribution in [0.15, 0.2) is 0 Å². The highest BCUT2D eigenvalue weighted by atomic mass is 19.3. The van der Waals surface area contributed by atoms with E-state index < -0.39 is 12.0 Å². The molecule has 4 heteroatoms. The molecular weight excluding hydrogens is 224 g/mol. The second-order valence-electron chi connectivity index (χ2n) is 5.45. The molecule has 2 rings (SSSR count). The van der Waals surface area contributed by atoms with Gasteiger partial charge in [-0.15, -0.1) is 0 Å². The largest absolute Gasteiger partial charge is 0.381 e. The van der Waals surface area contributed by atoms with Crippen molar-refractivity contribution in [3.8, 4) is 0 Å². The fourth-order valence-electron chi connectivity index (χ4n) is 3.69. The second-order valence-corrected chi connectivity index (χ2v) is 5.45. The predicted molar refractivity (Wildman–Crippen MR) is 63.4 cm³/mol. The van der Waals surface area contributed by atoms with Crippen molar-refractivity contribution in [2.45, 2.75) is 57.4 Å². The molecule has 2 aliphatic rings. The number of rotatable bonds is 4. The van der Waals surface area contributed by atoms with Crippen molar-refractivity contribution in [3.05, 3.63) is 0 Å². The third kappa shape index (κ3) is 2.10. The van der Waals surface area contributed by atoms with Crippen LogP contribution in [0.1, 0.15) is 45.4 Å². The highest BCUT2D eigenvalue weighted by Crippen LogP contribution is 2.55. The summed E-state index contributed by atoms with van der Waals surface area (Å²) in [5, 5.41) is 3.20. The number of nitrogens with one attached hydrogen (secondary N) is 1. The summed E-state index contributed by atoms with van der Waals surface area (Å²) >= 11 is 0. The molecule has 1 saturated carbocycles. The lowest BCUT2D eigenvalue weighted by molar-refractivity contribution is -0.0891. The standard InChI is InChI=1S/C13H23F2NO/c1-2-8-16-13(11(14)15)5-3-4-12(13)6-9-17-10-7-12/h11,16H,2-10H2,1H3. The van der Waals surface area contributed by atoms with Gasteiger partial charge >= 0.3 is 0 Å².